The third kappa shape index (κ3) is 7.80. The van der Waals surface area contributed by atoms with E-state index in [1.165, 1.54) is 57.8 Å². The lowest BCUT2D eigenvalue weighted by atomic mass is 10.1. The minimum atomic E-state index is 0.170. The van der Waals surface area contributed by atoms with Gasteiger partial charge in [-0.05, 0) is 12.8 Å². The van der Waals surface area contributed by atoms with Crippen molar-refractivity contribution in [2.75, 3.05) is 11.5 Å². The van der Waals surface area contributed by atoms with Gasteiger partial charge in [-0.15, -0.1) is 0 Å². The van der Waals surface area contributed by atoms with E-state index >= 15 is 0 Å². The van der Waals surface area contributed by atoms with Gasteiger partial charge < -0.3 is 16.5 Å². The van der Waals surface area contributed by atoms with Gasteiger partial charge in [-0.3, -0.25) is 0 Å². The van der Waals surface area contributed by atoms with Crippen LogP contribution in [0.15, 0.2) is 6.20 Å². The first-order valence-corrected chi connectivity index (χ1v) is 9.96. The topological polar surface area (TPSA) is 119 Å². The molecule has 0 radical (unpaired) electrons. The van der Waals surface area contributed by atoms with Gasteiger partial charge in [-0.25, -0.2) is 4.98 Å². The Morgan fingerprint density at radius 1 is 0.769 bits per heavy atom. The number of aryl methyl sites for hydroxylation is 3. The minimum Gasteiger partial charge on any atom is -0.368 e. The van der Waals surface area contributed by atoms with Crippen LogP contribution in [0.1, 0.15) is 82.1 Å². The molecule has 0 unspecified atom stereocenters. The van der Waals surface area contributed by atoms with Crippen molar-refractivity contribution in [1.29, 1.82) is 0 Å². The van der Waals surface area contributed by atoms with Crippen LogP contribution >= 0.6 is 0 Å². The molecule has 7 heteroatoms. The number of imidazole rings is 1. The van der Waals surface area contributed by atoms with Gasteiger partial charge in [0.1, 0.15) is 11.6 Å². The zero-order chi connectivity index (χ0) is 18.6. The molecule has 0 saturated heterocycles. The second-order valence-electron chi connectivity index (χ2n) is 6.90. The number of nitrogens with one attached hydrogen (secondary N) is 1. The molecule has 0 aliphatic heterocycles. The van der Waals surface area contributed by atoms with Gasteiger partial charge in [0.05, 0.1) is 0 Å². The molecular formula is C19H33N7. The van der Waals surface area contributed by atoms with Crippen LogP contribution in [0, 0.1) is 0 Å². The molecule has 0 amide bonds. The van der Waals surface area contributed by atoms with E-state index in [-0.39, 0.29) is 11.9 Å². The highest BCUT2D eigenvalue weighted by Crippen LogP contribution is 2.11. The number of rotatable bonds is 13. The largest absolute Gasteiger partial charge is 0.368 e. The number of aromatic amines is 1. The van der Waals surface area contributed by atoms with Crippen LogP contribution in [0.5, 0.6) is 0 Å². The highest BCUT2D eigenvalue weighted by molar-refractivity contribution is 5.26. The van der Waals surface area contributed by atoms with Crippen LogP contribution in [0.3, 0.4) is 0 Å². The van der Waals surface area contributed by atoms with Crippen molar-refractivity contribution in [3.05, 3.63) is 23.5 Å². The summed E-state index contributed by atoms with van der Waals surface area (Å²) in [6, 6.07) is 0. The van der Waals surface area contributed by atoms with Gasteiger partial charge in [0.15, 0.2) is 0 Å². The highest BCUT2D eigenvalue weighted by Gasteiger charge is 2.05. The van der Waals surface area contributed by atoms with Crippen molar-refractivity contribution < 1.29 is 0 Å². The molecule has 26 heavy (non-hydrogen) atoms. The summed E-state index contributed by atoms with van der Waals surface area (Å²) in [5.41, 5.74) is 12.3. The van der Waals surface area contributed by atoms with Crippen molar-refractivity contribution in [1.82, 2.24) is 24.9 Å². The van der Waals surface area contributed by atoms with Crippen LogP contribution < -0.4 is 11.5 Å². The molecule has 0 atom stereocenters. The predicted octanol–water partition coefficient (Wildman–Crippen LogP) is 3.62. The first kappa shape index (κ1) is 20.1. The fraction of sp³-hybridized carbons (Fsp3) is 0.684. The maximum Gasteiger partial charge on any atom is 0.225 e. The second kappa shape index (κ2) is 11.4. The molecule has 0 aliphatic rings. The zero-order valence-electron chi connectivity index (χ0n) is 16.0. The second-order valence-corrected chi connectivity index (χ2v) is 6.90. The van der Waals surface area contributed by atoms with Crippen molar-refractivity contribution in [2.45, 2.75) is 84.0 Å². The van der Waals surface area contributed by atoms with E-state index in [1.807, 2.05) is 6.20 Å². The van der Waals surface area contributed by atoms with E-state index < -0.39 is 0 Å². The van der Waals surface area contributed by atoms with Crippen LogP contribution in [0.4, 0.5) is 11.9 Å². The summed E-state index contributed by atoms with van der Waals surface area (Å²) in [6.45, 7) is 2.26. The number of nitrogen functional groups attached to an aromatic ring is 2. The van der Waals surface area contributed by atoms with Crippen molar-refractivity contribution >= 4 is 11.9 Å². The van der Waals surface area contributed by atoms with Crippen LogP contribution in [-0.4, -0.2) is 24.9 Å². The summed E-state index contributed by atoms with van der Waals surface area (Å²) in [7, 11) is 0. The summed E-state index contributed by atoms with van der Waals surface area (Å²) >= 11 is 0. The standard InChI is InChI=1S/C19H33N7/c1-2-3-4-5-6-7-8-9-10-11-16-22-14-15(23-16)12-13-17-24-18(20)26-19(21)25-17/h14H,2-13H2,1H3,(H,22,23)(H4,20,21,24,25,26). The lowest BCUT2D eigenvalue weighted by molar-refractivity contribution is 0.562. The van der Waals surface area contributed by atoms with Crippen molar-refractivity contribution in [2.24, 2.45) is 0 Å². The lowest BCUT2D eigenvalue weighted by Crippen LogP contribution is -2.07. The average molecular weight is 360 g/mol. The number of hydrogen-bond acceptors (Lipinski definition) is 6. The molecule has 2 aromatic rings. The lowest BCUT2D eigenvalue weighted by Gasteiger charge is -2.02. The van der Waals surface area contributed by atoms with Crippen LogP contribution in [-0.2, 0) is 19.3 Å². The third-order valence-corrected chi connectivity index (χ3v) is 4.53. The highest BCUT2D eigenvalue weighted by atomic mass is 15.1. The maximum atomic E-state index is 5.59. The van der Waals surface area contributed by atoms with Crippen LogP contribution in [0.2, 0.25) is 0 Å². The van der Waals surface area contributed by atoms with E-state index in [2.05, 4.69) is 31.8 Å². The Morgan fingerprint density at radius 3 is 2.04 bits per heavy atom. The zero-order valence-corrected chi connectivity index (χ0v) is 16.0. The Balaban J connectivity index is 1.59. The fourth-order valence-electron chi connectivity index (χ4n) is 3.08. The third-order valence-electron chi connectivity index (χ3n) is 4.53. The number of nitrogens with zero attached hydrogens (tertiary/aromatic N) is 4. The molecule has 0 fully saturated rings. The Bertz CT molecular complexity index is 618. The van der Waals surface area contributed by atoms with Gasteiger partial charge >= 0.3 is 0 Å². The summed E-state index contributed by atoms with van der Waals surface area (Å²) < 4.78 is 0. The number of hydrogen-bond donors (Lipinski definition) is 3. The molecular weight excluding hydrogens is 326 g/mol. The number of H-pyrrole nitrogens is 1. The molecule has 0 spiro atoms. The normalized spacial score (nSPS) is 11.1. The van der Waals surface area contributed by atoms with Gasteiger partial charge in [0.25, 0.3) is 0 Å². The monoisotopic (exact) mass is 359 g/mol. The Kier molecular flexibility index (Phi) is 8.86. The summed E-state index contributed by atoms with van der Waals surface area (Å²) in [5.74, 6) is 2.02. The quantitative estimate of drug-likeness (QED) is 0.470. The number of anilines is 2. The number of unbranched alkanes of at least 4 members (excludes halogenated alkanes) is 8. The van der Waals surface area contributed by atoms with E-state index in [0.717, 1.165) is 24.4 Å². The van der Waals surface area contributed by atoms with Gasteiger partial charge in [0.2, 0.25) is 11.9 Å². The Morgan fingerprint density at radius 2 is 1.38 bits per heavy atom. The molecule has 2 heterocycles. The Labute approximate surface area is 156 Å². The van der Waals surface area contributed by atoms with E-state index in [9.17, 15) is 0 Å². The minimum absolute atomic E-state index is 0.170. The molecule has 5 N–H and O–H groups in total. The molecule has 0 bridgehead atoms. The van der Waals surface area contributed by atoms with Gasteiger partial charge in [-0.2, -0.15) is 15.0 Å². The number of aromatic nitrogens is 5. The molecule has 0 saturated carbocycles. The van der Waals surface area contributed by atoms with E-state index in [4.69, 9.17) is 11.5 Å². The molecule has 7 nitrogen and oxygen atoms in total. The summed E-state index contributed by atoms with van der Waals surface area (Å²) in [4.78, 5) is 19.8. The fourth-order valence-corrected chi connectivity index (χ4v) is 3.08. The summed E-state index contributed by atoms with van der Waals surface area (Å²) in [6.07, 6.45) is 16.4. The molecule has 144 valence electrons. The predicted molar refractivity (Wildman–Crippen MR) is 106 cm³/mol. The van der Waals surface area contributed by atoms with Crippen molar-refractivity contribution in [3.8, 4) is 0 Å². The summed E-state index contributed by atoms with van der Waals surface area (Å²) in [5, 5.41) is 0. The maximum absolute atomic E-state index is 5.59. The smallest absolute Gasteiger partial charge is 0.225 e. The van der Waals surface area contributed by atoms with Gasteiger partial charge in [-0.1, -0.05) is 58.3 Å². The molecule has 0 aliphatic carbocycles. The van der Waals surface area contributed by atoms with Crippen molar-refractivity contribution in [3.63, 3.8) is 0 Å². The molecule has 2 aromatic heterocycles. The Hall–Kier alpha value is -2.18. The average Bonchev–Trinajstić information content (AvgIpc) is 3.05. The first-order chi connectivity index (χ1) is 12.7. The SMILES string of the molecule is CCCCCCCCCCCc1ncc(CCc2nc(N)nc(N)n2)[nH]1. The van der Waals surface area contributed by atoms with Crippen LogP contribution in [0.25, 0.3) is 0 Å². The first-order valence-electron chi connectivity index (χ1n) is 9.96. The van der Waals surface area contributed by atoms with E-state index in [1.54, 1.807) is 0 Å². The molecule has 2 rings (SSSR count). The van der Waals surface area contributed by atoms with E-state index in [0.29, 0.717) is 12.2 Å². The van der Waals surface area contributed by atoms with Gasteiger partial charge in [0, 0.05) is 24.7 Å². The molecule has 0 aromatic carbocycles. The number of nitrogens with two attached hydrogens (primary N) is 2.